The molecule has 0 N–H and O–H groups in total. The number of aryl methyl sites for hydroxylation is 1. The number of thiazole rings is 1. The number of rotatable bonds is 5. The number of thiophene rings is 1. The van der Waals surface area contributed by atoms with Crippen molar-refractivity contribution >= 4 is 28.9 Å². The highest BCUT2D eigenvalue weighted by atomic mass is 32.1. The second kappa shape index (κ2) is 8.29. The molecule has 1 aliphatic heterocycles. The highest BCUT2D eigenvalue weighted by Crippen LogP contribution is 2.21. The first-order chi connectivity index (χ1) is 13.2. The van der Waals surface area contributed by atoms with Gasteiger partial charge >= 0.3 is 0 Å². The van der Waals surface area contributed by atoms with Crippen LogP contribution in [0, 0.1) is 12.7 Å². The van der Waals surface area contributed by atoms with Crippen molar-refractivity contribution in [2.24, 2.45) is 10.1 Å². The highest BCUT2D eigenvalue weighted by molar-refractivity contribution is 7.11. The fraction of sp³-hybridized carbons (Fsp3) is 0.300. The van der Waals surface area contributed by atoms with E-state index in [1.165, 1.54) is 29.0 Å². The third-order valence-electron chi connectivity index (χ3n) is 4.47. The lowest BCUT2D eigenvalue weighted by atomic mass is 10.2. The van der Waals surface area contributed by atoms with Gasteiger partial charge in [-0.2, -0.15) is 5.10 Å². The largest absolute Gasteiger partial charge is 0.376 e. The van der Waals surface area contributed by atoms with Crippen molar-refractivity contribution in [2.75, 3.05) is 13.2 Å². The quantitative estimate of drug-likeness (QED) is 0.572. The summed E-state index contributed by atoms with van der Waals surface area (Å²) in [7, 11) is 0. The standard InChI is InChI=1S/C20H20FN3OS2/c1-14-8-10-26-19(14)12-23-24-18(15-4-6-16(21)7-5-15)13-27-20(24)22-11-17-3-2-9-25-17/h4-8,10,12-13,17H,2-3,9,11H2,1H3/b22-20?,23-12-/t17-/m0/s1. The predicted molar refractivity (Wildman–Crippen MR) is 109 cm³/mol. The number of nitrogens with zero attached hydrogens (tertiary/aromatic N) is 3. The molecule has 0 spiro atoms. The minimum Gasteiger partial charge on any atom is -0.376 e. The summed E-state index contributed by atoms with van der Waals surface area (Å²) < 4.78 is 20.8. The van der Waals surface area contributed by atoms with E-state index >= 15 is 0 Å². The van der Waals surface area contributed by atoms with Crippen LogP contribution in [0.5, 0.6) is 0 Å². The molecule has 1 aliphatic rings. The monoisotopic (exact) mass is 401 g/mol. The van der Waals surface area contributed by atoms with Crippen molar-refractivity contribution < 1.29 is 9.13 Å². The van der Waals surface area contributed by atoms with E-state index in [2.05, 4.69) is 18.4 Å². The van der Waals surface area contributed by atoms with E-state index in [4.69, 9.17) is 14.8 Å². The Morgan fingerprint density at radius 2 is 2.11 bits per heavy atom. The van der Waals surface area contributed by atoms with Gasteiger partial charge < -0.3 is 4.74 Å². The van der Waals surface area contributed by atoms with Crippen LogP contribution in [0.3, 0.4) is 0 Å². The number of aromatic nitrogens is 1. The van der Waals surface area contributed by atoms with Crippen molar-refractivity contribution in [3.8, 4) is 11.3 Å². The summed E-state index contributed by atoms with van der Waals surface area (Å²) in [6, 6.07) is 8.54. The van der Waals surface area contributed by atoms with Gasteiger partial charge in [0.2, 0.25) is 4.80 Å². The summed E-state index contributed by atoms with van der Waals surface area (Å²) in [5, 5.41) is 8.77. The molecule has 1 aromatic carbocycles. The van der Waals surface area contributed by atoms with Gasteiger partial charge in [0.25, 0.3) is 0 Å². The van der Waals surface area contributed by atoms with Crippen LogP contribution >= 0.6 is 22.7 Å². The number of benzene rings is 1. The summed E-state index contributed by atoms with van der Waals surface area (Å²) in [6.45, 7) is 3.53. The molecule has 0 saturated carbocycles. The molecular formula is C20H20FN3OS2. The average Bonchev–Trinajstić information content (AvgIpc) is 3.40. The first-order valence-corrected chi connectivity index (χ1v) is 10.6. The van der Waals surface area contributed by atoms with Crippen LogP contribution in [-0.2, 0) is 4.74 Å². The van der Waals surface area contributed by atoms with Crippen LogP contribution in [0.1, 0.15) is 23.3 Å². The molecule has 1 atom stereocenters. The van der Waals surface area contributed by atoms with E-state index in [-0.39, 0.29) is 11.9 Å². The van der Waals surface area contributed by atoms with E-state index in [9.17, 15) is 4.39 Å². The van der Waals surface area contributed by atoms with Gasteiger partial charge in [0, 0.05) is 17.6 Å². The fourth-order valence-corrected chi connectivity index (χ4v) is 4.56. The van der Waals surface area contributed by atoms with Gasteiger partial charge in [0.15, 0.2) is 0 Å². The molecule has 0 unspecified atom stereocenters. The molecule has 3 aromatic rings. The van der Waals surface area contributed by atoms with Crippen molar-refractivity contribution in [3.63, 3.8) is 0 Å². The molecule has 3 heterocycles. The van der Waals surface area contributed by atoms with Crippen LogP contribution in [-0.4, -0.2) is 30.1 Å². The Bertz CT molecular complexity index is 995. The zero-order chi connectivity index (χ0) is 18.6. The van der Waals surface area contributed by atoms with Crippen molar-refractivity contribution in [1.29, 1.82) is 0 Å². The number of halogens is 1. The molecule has 7 heteroatoms. The van der Waals surface area contributed by atoms with Crippen LogP contribution in [0.2, 0.25) is 0 Å². The predicted octanol–water partition coefficient (Wildman–Crippen LogP) is 4.69. The fourth-order valence-electron chi connectivity index (χ4n) is 2.93. The normalized spacial score (nSPS) is 18.0. The Hall–Kier alpha value is -2.09. The molecule has 0 aliphatic carbocycles. The Morgan fingerprint density at radius 3 is 2.81 bits per heavy atom. The van der Waals surface area contributed by atoms with E-state index < -0.39 is 0 Å². The minimum atomic E-state index is -0.249. The van der Waals surface area contributed by atoms with Crippen molar-refractivity contribution in [3.05, 3.63) is 62.2 Å². The maximum atomic E-state index is 13.3. The van der Waals surface area contributed by atoms with E-state index in [0.717, 1.165) is 40.4 Å². The maximum absolute atomic E-state index is 13.3. The Morgan fingerprint density at radius 1 is 1.26 bits per heavy atom. The van der Waals surface area contributed by atoms with Crippen LogP contribution in [0.25, 0.3) is 11.3 Å². The molecule has 0 bridgehead atoms. The second-order valence-electron chi connectivity index (χ2n) is 6.41. The van der Waals surface area contributed by atoms with Gasteiger partial charge in [-0.25, -0.2) is 9.07 Å². The summed E-state index contributed by atoms with van der Waals surface area (Å²) in [5.74, 6) is -0.249. The first kappa shape index (κ1) is 18.3. The smallest absolute Gasteiger partial charge is 0.206 e. The number of hydrogen-bond donors (Lipinski definition) is 0. The third-order valence-corrected chi connectivity index (χ3v) is 6.28. The zero-order valence-electron chi connectivity index (χ0n) is 15.0. The van der Waals surface area contributed by atoms with E-state index in [1.807, 2.05) is 16.3 Å². The molecule has 0 radical (unpaired) electrons. The summed E-state index contributed by atoms with van der Waals surface area (Å²) in [5.41, 5.74) is 3.00. The van der Waals surface area contributed by atoms with Crippen LogP contribution < -0.4 is 4.80 Å². The second-order valence-corrected chi connectivity index (χ2v) is 8.19. The Kier molecular flexibility index (Phi) is 5.61. The summed E-state index contributed by atoms with van der Waals surface area (Å²) in [6.07, 6.45) is 4.21. The lowest BCUT2D eigenvalue weighted by Crippen LogP contribution is -2.17. The number of ether oxygens (including phenoxy) is 1. The average molecular weight is 402 g/mol. The highest BCUT2D eigenvalue weighted by Gasteiger charge is 2.15. The summed E-state index contributed by atoms with van der Waals surface area (Å²) in [4.78, 5) is 6.68. The molecule has 140 valence electrons. The molecular weight excluding hydrogens is 381 g/mol. The summed E-state index contributed by atoms with van der Waals surface area (Å²) >= 11 is 3.19. The Balaban J connectivity index is 1.72. The van der Waals surface area contributed by atoms with Crippen molar-refractivity contribution in [1.82, 2.24) is 4.68 Å². The molecule has 1 fully saturated rings. The van der Waals surface area contributed by atoms with Gasteiger partial charge in [-0.15, -0.1) is 22.7 Å². The van der Waals surface area contributed by atoms with Gasteiger partial charge in [-0.3, -0.25) is 4.99 Å². The minimum absolute atomic E-state index is 0.193. The Labute approximate surface area is 165 Å². The lowest BCUT2D eigenvalue weighted by Gasteiger charge is -2.05. The molecule has 4 rings (SSSR count). The van der Waals surface area contributed by atoms with E-state index in [1.54, 1.807) is 23.5 Å². The van der Waals surface area contributed by atoms with E-state index in [0.29, 0.717) is 6.54 Å². The van der Waals surface area contributed by atoms with Gasteiger partial charge in [0.1, 0.15) is 5.82 Å². The zero-order valence-corrected chi connectivity index (χ0v) is 16.6. The third kappa shape index (κ3) is 4.26. The molecule has 2 aromatic heterocycles. The van der Waals surface area contributed by atoms with Crippen LogP contribution in [0.4, 0.5) is 4.39 Å². The number of hydrogen-bond acceptors (Lipinski definition) is 5. The topological polar surface area (TPSA) is 38.9 Å². The maximum Gasteiger partial charge on any atom is 0.206 e. The molecule has 4 nitrogen and oxygen atoms in total. The SMILES string of the molecule is Cc1ccsc1/C=N\n1c(-c2ccc(F)cc2)csc1=NC[C@@H]1CCCO1. The van der Waals surface area contributed by atoms with Gasteiger partial charge in [-0.1, -0.05) is 0 Å². The first-order valence-electron chi connectivity index (χ1n) is 8.88. The van der Waals surface area contributed by atoms with Gasteiger partial charge in [-0.05, 0) is 61.0 Å². The van der Waals surface area contributed by atoms with Crippen LogP contribution in [0.15, 0.2) is 51.2 Å². The van der Waals surface area contributed by atoms with Gasteiger partial charge in [0.05, 0.1) is 29.4 Å². The van der Waals surface area contributed by atoms with Crippen molar-refractivity contribution in [2.45, 2.75) is 25.9 Å². The molecule has 0 amide bonds. The molecule has 27 heavy (non-hydrogen) atoms. The lowest BCUT2D eigenvalue weighted by molar-refractivity contribution is 0.117. The molecule has 1 saturated heterocycles.